The van der Waals surface area contributed by atoms with Crippen LogP contribution in [0, 0.1) is 17.0 Å². The second-order valence-corrected chi connectivity index (χ2v) is 4.57. The first-order valence-corrected chi connectivity index (χ1v) is 6.38. The van der Waals surface area contributed by atoms with Crippen LogP contribution >= 0.6 is 11.8 Å². The maximum Gasteiger partial charge on any atom is 0.301 e. The van der Waals surface area contributed by atoms with E-state index in [1.165, 1.54) is 6.07 Å². The predicted octanol–water partition coefficient (Wildman–Crippen LogP) is 2.00. The van der Waals surface area contributed by atoms with E-state index >= 15 is 0 Å². The minimum atomic E-state index is -0.468. The summed E-state index contributed by atoms with van der Waals surface area (Å²) >= 11 is 1.06. The number of anilines is 1. The molecule has 0 radical (unpaired) electrons. The van der Waals surface area contributed by atoms with Gasteiger partial charge in [-0.2, -0.15) is 0 Å². The number of nitrogens with one attached hydrogen (secondary N) is 2. The number of nitro groups is 1. The van der Waals surface area contributed by atoms with E-state index in [2.05, 4.69) is 25.5 Å². The summed E-state index contributed by atoms with van der Waals surface area (Å²) < 4.78 is 0. The van der Waals surface area contributed by atoms with Gasteiger partial charge in [-0.3, -0.25) is 15.2 Å². The molecule has 0 saturated heterocycles. The van der Waals surface area contributed by atoms with Gasteiger partial charge in [0, 0.05) is 12.6 Å². The third-order valence-electron chi connectivity index (χ3n) is 2.16. The van der Waals surface area contributed by atoms with Crippen LogP contribution in [0.25, 0.3) is 0 Å². The Balaban J connectivity index is 2.34. The molecule has 0 saturated carbocycles. The molecule has 2 aromatic rings. The quantitative estimate of drug-likeness (QED) is 0.636. The highest BCUT2D eigenvalue weighted by Gasteiger charge is 2.18. The number of hydrogen-bond acceptors (Lipinski definition) is 7. The lowest BCUT2D eigenvalue weighted by atomic mass is 10.4. The van der Waals surface area contributed by atoms with Crippen molar-refractivity contribution in [3.63, 3.8) is 0 Å². The van der Waals surface area contributed by atoms with Crippen LogP contribution in [0.15, 0.2) is 22.3 Å². The molecule has 2 rings (SSSR count). The molecule has 19 heavy (non-hydrogen) atoms. The molecule has 0 bridgehead atoms. The first-order valence-electron chi connectivity index (χ1n) is 5.56. The number of aromatic amines is 1. The Labute approximate surface area is 113 Å². The van der Waals surface area contributed by atoms with Crippen LogP contribution in [0.3, 0.4) is 0 Å². The molecule has 8 nitrogen and oxygen atoms in total. The predicted molar refractivity (Wildman–Crippen MR) is 70.3 cm³/mol. The fourth-order valence-electron chi connectivity index (χ4n) is 1.38. The van der Waals surface area contributed by atoms with Crippen molar-refractivity contribution < 1.29 is 4.92 Å². The van der Waals surface area contributed by atoms with E-state index in [9.17, 15) is 10.1 Å². The van der Waals surface area contributed by atoms with Crippen molar-refractivity contribution >= 4 is 23.3 Å². The van der Waals surface area contributed by atoms with Gasteiger partial charge in [0.2, 0.25) is 5.16 Å². The lowest BCUT2D eigenvalue weighted by Gasteiger charge is -2.04. The van der Waals surface area contributed by atoms with Gasteiger partial charge in [-0.05, 0) is 31.7 Å². The Morgan fingerprint density at radius 3 is 2.84 bits per heavy atom. The normalized spacial score (nSPS) is 10.4. The molecule has 0 atom stereocenters. The molecule has 0 aliphatic carbocycles. The van der Waals surface area contributed by atoms with E-state index in [-0.39, 0.29) is 10.7 Å². The maximum absolute atomic E-state index is 11.0. The summed E-state index contributed by atoms with van der Waals surface area (Å²) in [6.07, 6.45) is 0. The van der Waals surface area contributed by atoms with Gasteiger partial charge in [-0.25, -0.2) is 9.97 Å². The van der Waals surface area contributed by atoms with E-state index in [0.29, 0.717) is 23.3 Å². The van der Waals surface area contributed by atoms with E-state index in [4.69, 9.17) is 0 Å². The zero-order valence-corrected chi connectivity index (χ0v) is 11.2. The molecule has 100 valence electrons. The van der Waals surface area contributed by atoms with Gasteiger partial charge in [0.25, 0.3) is 0 Å². The molecular formula is C10H12N6O2S. The Hall–Kier alpha value is -2.16. The minimum absolute atomic E-state index is 0.0610. The highest BCUT2D eigenvalue weighted by Crippen LogP contribution is 2.32. The van der Waals surface area contributed by atoms with Crippen molar-refractivity contribution in [3.05, 3.63) is 28.1 Å². The van der Waals surface area contributed by atoms with Crippen LogP contribution in [-0.2, 0) is 0 Å². The molecule has 0 aliphatic heterocycles. The van der Waals surface area contributed by atoms with Crippen LogP contribution in [0.4, 0.5) is 11.5 Å². The van der Waals surface area contributed by atoms with Crippen molar-refractivity contribution in [3.8, 4) is 0 Å². The first kappa shape index (κ1) is 13.3. The zero-order chi connectivity index (χ0) is 13.8. The number of aryl methyl sites for hydroxylation is 1. The molecular weight excluding hydrogens is 268 g/mol. The van der Waals surface area contributed by atoms with Crippen LogP contribution in [0.2, 0.25) is 0 Å². The van der Waals surface area contributed by atoms with Gasteiger partial charge < -0.3 is 5.32 Å². The Bertz CT molecular complexity index is 599. The highest BCUT2D eigenvalue weighted by atomic mass is 32.2. The summed E-state index contributed by atoms with van der Waals surface area (Å²) in [5, 5.41) is 21.3. The molecule has 9 heteroatoms. The molecule has 0 amide bonds. The largest absolute Gasteiger partial charge is 0.370 e. The van der Waals surface area contributed by atoms with Gasteiger partial charge in [0.1, 0.15) is 11.6 Å². The van der Waals surface area contributed by atoms with Gasteiger partial charge in [-0.15, -0.1) is 5.10 Å². The summed E-state index contributed by atoms with van der Waals surface area (Å²) in [4.78, 5) is 18.8. The number of H-pyrrole nitrogens is 1. The van der Waals surface area contributed by atoms with E-state index in [1.807, 2.05) is 6.92 Å². The summed E-state index contributed by atoms with van der Waals surface area (Å²) in [6.45, 7) is 4.37. The maximum atomic E-state index is 11.0. The Morgan fingerprint density at radius 1 is 1.47 bits per heavy atom. The molecule has 0 fully saturated rings. The second-order valence-electron chi connectivity index (χ2n) is 3.61. The van der Waals surface area contributed by atoms with Crippen LogP contribution in [0.5, 0.6) is 0 Å². The summed E-state index contributed by atoms with van der Waals surface area (Å²) in [6, 6.07) is 3.00. The van der Waals surface area contributed by atoms with E-state index < -0.39 is 4.92 Å². The summed E-state index contributed by atoms with van der Waals surface area (Å²) in [7, 11) is 0. The lowest BCUT2D eigenvalue weighted by molar-refractivity contribution is -0.388. The van der Waals surface area contributed by atoms with Gasteiger partial charge in [0.15, 0.2) is 5.03 Å². The molecule has 0 unspecified atom stereocenters. The van der Waals surface area contributed by atoms with Crippen molar-refractivity contribution in [2.45, 2.75) is 24.0 Å². The monoisotopic (exact) mass is 280 g/mol. The van der Waals surface area contributed by atoms with Gasteiger partial charge in [0.05, 0.1) is 4.92 Å². The van der Waals surface area contributed by atoms with Crippen LogP contribution in [0.1, 0.15) is 12.7 Å². The Kier molecular flexibility index (Phi) is 3.95. The third kappa shape index (κ3) is 3.19. The third-order valence-corrected chi connectivity index (χ3v) is 3.02. The van der Waals surface area contributed by atoms with Gasteiger partial charge in [-0.1, -0.05) is 0 Å². The second kappa shape index (κ2) is 5.65. The first-order chi connectivity index (χ1) is 9.10. The lowest BCUT2D eigenvalue weighted by Crippen LogP contribution is -2.01. The minimum Gasteiger partial charge on any atom is -0.370 e. The number of hydrogen-bond donors (Lipinski definition) is 2. The summed E-state index contributed by atoms with van der Waals surface area (Å²) in [5.41, 5.74) is -0.0610. The summed E-state index contributed by atoms with van der Waals surface area (Å²) in [5.74, 6) is 1.23. The van der Waals surface area contributed by atoms with Crippen LogP contribution < -0.4 is 5.32 Å². The van der Waals surface area contributed by atoms with Crippen molar-refractivity contribution in [1.29, 1.82) is 0 Å². The smallest absolute Gasteiger partial charge is 0.301 e. The number of pyridine rings is 1. The SMILES string of the molecule is CCNc1ccc([N+](=O)[O-])c(Sc2n[nH]c(C)n2)n1. The molecule has 0 spiro atoms. The molecule has 2 N–H and O–H groups in total. The Morgan fingerprint density at radius 2 is 2.26 bits per heavy atom. The number of nitrogens with zero attached hydrogens (tertiary/aromatic N) is 4. The topological polar surface area (TPSA) is 110 Å². The number of aromatic nitrogens is 4. The molecule has 0 aliphatic rings. The van der Waals surface area contributed by atoms with E-state index in [0.717, 1.165) is 11.8 Å². The average molecular weight is 280 g/mol. The zero-order valence-electron chi connectivity index (χ0n) is 10.4. The van der Waals surface area contributed by atoms with E-state index in [1.54, 1.807) is 13.0 Å². The molecule has 2 heterocycles. The average Bonchev–Trinajstić information content (AvgIpc) is 2.75. The standard InChI is InChI=1S/C10H12N6O2S/c1-3-11-8-5-4-7(16(17)18)9(13-8)19-10-12-6(2)14-15-10/h4-5H,3H2,1-2H3,(H,11,13)(H,12,14,15). The molecule has 2 aromatic heterocycles. The van der Waals surface area contributed by atoms with Crippen molar-refractivity contribution in [1.82, 2.24) is 20.2 Å². The highest BCUT2D eigenvalue weighted by molar-refractivity contribution is 7.99. The van der Waals surface area contributed by atoms with Crippen LogP contribution in [-0.4, -0.2) is 31.6 Å². The number of rotatable bonds is 5. The van der Waals surface area contributed by atoms with Crippen molar-refractivity contribution in [2.24, 2.45) is 0 Å². The molecule has 0 aromatic carbocycles. The fraction of sp³-hybridized carbons (Fsp3) is 0.300. The fourth-order valence-corrected chi connectivity index (χ4v) is 2.22. The van der Waals surface area contributed by atoms with Crippen molar-refractivity contribution in [2.75, 3.05) is 11.9 Å². The van der Waals surface area contributed by atoms with Gasteiger partial charge >= 0.3 is 5.69 Å².